The first-order valence-electron chi connectivity index (χ1n) is 6.76. The molecule has 0 aliphatic carbocycles. The molecule has 1 N–H and O–H groups in total. The third-order valence-electron chi connectivity index (χ3n) is 2.90. The van der Waals surface area contributed by atoms with Gasteiger partial charge >= 0.3 is 0 Å². The van der Waals surface area contributed by atoms with Crippen LogP contribution >= 0.6 is 11.3 Å². The molecule has 1 amide bonds. The van der Waals surface area contributed by atoms with Crippen molar-refractivity contribution in [1.29, 1.82) is 0 Å². The Balaban J connectivity index is 1.80. The van der Waals surface area contributed by atoms with E-state index in [1.54, 1.807) is 24.3 Å². The van der Waals surface area contributed by atoms with Gasteiger partial charge in [-0.3, -0.25) is 9.69 Å². The first-order chi connectivity index (χ1) is 10.2. The van der Waals surface area contributed by atoms with E-state index in [1.807, 2.05) is 12.1 Å². The molecule has 0 fully saturated rings. The van der Waals surface area contributed by atoms with E-state index in [0.29, 0.717) is 24.5 Å². The van der Waals surface area contributed by atoms with Crippen LogP contribution in [-0.4, -0.2) is 29.1 Å². The van der Waals surface area contributed by atoms with E-state index in [9.17, 15) is 4.79 Å². The summed E-state index contributed by atoms with van der Waals surface area (Å²) in [6.45, 7) is 7.82. The Morgan fingerprint density at radius 1 is 1.62 bits per heavy atom. The molecule has 0 unspecified atom stereocenters. The van der Waals surface area contributed by atoms with Crippen molar-refractivity contribution in [1.82, 2.24) is 10.1 Å². The number of anilines is 1. The minimum Gasteiger partial charge on any atom is -0.360 e. The van der Waals surface area contributed by atoms with Crippen LogP contribution in [0.2, 0.25) is 0 Å². The molecule has 0 radical (unpaired) electrons. The molecule has 5 nitrogen and oxygen atoms in total. The average Bonchev–Trinajstić information content (AvgIpc) is 3.08. The number of rotatable bonds is 8. The fourth-order valence-corrected chi connectivity index (χ4v) is 2.68. The predicted octanol–water partition coefficient (Wildman–Crippen LogP) is 3.06. The van der Waals surface area contributed by atoms with Gasteiger partial charge in [0, 0.05) is 37.0 Å². The van der Waals surface area contributed by atoms with Crippen molar-refractivity contribution < 1.29 is 9.32 Å². The van der Waals surface area contributed by atoms with E-state index in [0.717, 1.165) is 13.1 Å². The number of amides is 1. The van der Waals surface area contributed by atoms with E-state index in [-0.39, 0.29) is 5.91 Å². The topological polar surface area (TPSA) is 58.4 Å². The summed E-state index contributed by atoms with van der Waals surface area (Å²) in [6, 6.07) is 5.83. The van der Waals surface area contributed by atoms with Crippen LogP contribution in [0.25, 0.3) is 0 Å². The second kappa shape index (κ2) is 7.75. The van der Waals surface area contributed by atoms with E-state index in [2.05, 4.69) is 33.4 Å². The third-order valence-corrected chi connectivity index (χ3v) is 3.76. The van der Waals surface area contributed by atoms with Crippen molar-refractivity contribution >= 4 is 23.1 Å². The number of hydrogen-bond donors (Lipinski definition) is 1. The van der Waals surface area contributed by atoms with Crippen LogP contribution in [0.1, 0.15) is 17.1 Å². The van der Waals surface area contributed by atoms with Crippen molar-refractivity contribution in [3.63, 3.8) is 0 Å². The standard InChI is InChI=1S/C15H19N3O2S/c1-3-7-18(11-13-5-4-9-21-13)8-6-15(19)16-14-10-12(2)20-17-14/h3-5,9-10H,1,6-8,11H2,2H3,(H,16,17,19). The second-order valence-corrected chi connectivity index (χ2v) is 5.76. The molecule has 0 saturated carbocycles. The summed E-state index contributed by atoms with van der Waals surface area (Å²) < 4.78 is 4.91. The minimum absolute atomic E-state index is 0.0662. The van der Waals surface area contributed by atoms with Crippen molar-refractivity contribution in [2.45, 2.75) is 19.9 Å². The largest absolute Gasteiger partial charge is 0.360 e. The summed E-state index contributed by atoms with van der Waals surface area (Å²) in [5, 5.41) is 8.53. The highest BCUT2D eigenvalue weighted by Crippen LogP contribution is 2.12. The van der Waals surface area contributed by atoms with Gasteiger partial charge in [0.15, 0.2) is 5.82 Å². The molecule has 112 valence electrons. The van der Waals surface area contributed by atoms with Crippen LogP contribution in [-0.2, 0) is 11.3 Å². The molecule has 0 spiro atoms. The molecular weight excluding hydrogens is 286 g/mol. The molecule has 0 bridgehead atoms. The maximum absolute atomic E-state index is 11.9. The fraction of sp³-hybridized carbons (Fsp3) is 0.333. The number of aromatic nitrogens is 1. The zero-order valence-corrected chi connectivity index (χ0v) is 12.9. The third kappa shape index (κ3) is 5.17. The Kier molecular flexibility index (Phi) is 5.71. The first-order valence-corrected chi connectivity index (χ1v) is 7.64. The zero-order valence-electron chi connectivity index (χ0n) is 12.0. The van der Waals surface area contributed by atoms with E-state index in [4.69, 9.17) is 4.52 Å². The van der Waals surface area contributed by atoms with E-state index in [1.165, 1.54) is 4.88 Å². The van der Waals surface area contributed by atoms with Gasteiger partial charge in [-0.05, 0) is 18.4 Å². The average molecular weight is 305 g/mol. The highest BCUT2D eigenvalue weighted by atomic mass is 32.1. The van der Waals surface area contributed by atoms with E-state index >= 15 is 0 Å². The van der Waals surface area contributed by atoms with Crippen LogP contribution in [0, 0.1) is 6.92 Å². The molecule has 2 heterocycles. The van der Waals surface area contributed by atoms with Gasteiger partial charge < -0.3 is 9.84 Å². The molecule has 0 saturated heterocycles. The first kappa shape index (κ1) is 15.5. The Morgan fingerprint density at radius 2 is 2.48 bits per heavy atom. The second-order valence-electron chi connectivity index (χ2n) is 4.72. The monoisotopic (exact) mass is 305 g/mol. The summed E-state index contributed by atoms with van der Waals surface area (Å²) in [6.07, 6.45) is 2.26. The highest BCUT2D eigenvalue weighted by molar-refractivity contribution is 7.09. The lowest BCUT2D eigenvalue weighted by Gasteiger charge is -2.19. The number of hydrogen-bond acceptors (Lipinski definition) is 5. The fourth-order valence-electron chi connectivity index (χ4n) is 1.93. The van der Waals surface area contributed by atoms with Gasteiger partial charge in [0.25, 0.3) is 0 Å². The Labute approximate surface area is 128 Å². The summed E-state index contributed by atoms with van der Waals surface area (Å²) >= 11 is 1.72. The SMILES string of the molecule is C=CCN(CCC(=O)Nc1cc(C)on1)Cc1cccs1. The molecular formula is C15H19N3O2S. The quantitative estimate of drug-likeness (QED) is 0.762. The summed E-state index contributed by atoms with van der Waals surface area (Å²) in [5.41, 5.74) is 0. The summed E-state index contributed by atoms with van der Waals surface area (Å²) in [7, 11) is 0. The molecule has 0 aliphatic rings. The van der Waals surface area contributed by atoms with E-state index < -0.39 is 0 Å². The van der Waals surface area contributed by atoms with Crippen molar-refractivity contribution in [3.05, 3.63) is 46.9 Å². The normalized spacial score (nSPS) is 10.8. The molecule has 21 heavy (non-hydrogen) atoms. The number of aryl methyl sites for hydroxylation is 1. The van der Waals surface area contributed by atoms with Gasteiger partial charge in [0.05, 0.1) is 0 Å². The molecule has 0 aromatic carbocycles. The van der Waals surface area contributed by atoms with Crippen LogP contribution in [0.3, 0.4) is 0 Å². The summed E-state index contributed by atoms with van der Waals surface area (Å²) in [4.78, 5) is 15.4. The van der Waals surface area contributed by atoms with Crippen LogP contribution in [0.4, 0.5) is 5.82 Å². The number of nitrogens with zero attached hydrogens (tertiary/aromatic N) is 2. The lowest BCUT2D eigenvalue weighted by molar-refractivity contribution is -0.116. The maximum atomic E-state index is 11.9. The van der Waals surface area contributed by atoms with Gasteiger partial charge in [-0.1, -0.05) is 17.3 Å². The lowest BCUT2D eigenvalue weighted by Crippen LogP contribution is -2.27. The smallest absolute Gasteiger partial charge is 0.226 e. The molecule has 0 atom stereocenters. The van der Waals surface area contributed by atoms with Crippen molar-refractivity contribution in [2.75, 3.05) is 18.4 Å². The Bertz CT molecular complexity index is 578. The van der Waals surface area contributed by atoms with Crippen LogP contribution in [0.15, 0.2) is 40.8 Å². The molecule has 6 heteroatoms. The Hall–Kier alpha value is -1.92. The van der Waals surface area contributed by atoms with Gasteiger partial charge in [-0.2, -0.15) is 0 Å². The number of carbonyl (C=O) groups is 1. The van der Waals surface area contributed by atoms with Crippen molar-refractivity contribution in [3.8, 4) is 0 Å². The molecule has 0 aliphatic heterocycles. The summed E-state index contributed by atoms with van der Waals surface area (Å²) in [5.74, 6) is 1.07. The molecule has 2 rings (SSSR count). The van der Waals surface area contributed by atoms with Gasteiger partial charge in [0.2, 0.25) is 5.91 Å². The number of nitrogens with one attached hydrogen (secondary N) is 1. The van der Waals surface area contributed by atoms with Crippen molar-refractivity contribution in [2.24, 2.45) is 0 Å². The van der Waals surface area contributed by atoms with Gasteiger partial charge in [0.1, 0.15) is 5.76 Å². The minimum atomic E-state index is -0.0662. The number of carbonyl (C=O) groups excluding carboxylic acids is 1. The highest BCUT2D eigenvalue weighted by Gasteiger charge is 2.10. The molecule has 2 aromatic rings. The van der Waals surface area contributed by atoms with Crippen LogP contribution < -0.4 is 5.32 Å². The molecule has 2 aromatic heterocycles. The predicted molar refractivity (Wildman–Crippen MR) is 84.3 cm³/mol. The van der Waals surface area contributed by atoms with Gasteiger partial charge in [-0.25, -0.2) is 0 Å². The lowest BCUT2D eigenvalue weighted by atomic mass is 10.3. The van der Waals surface area contributed by atoms with Crippen LogP contribution in [0.5, 0.6) is 0 Å². The Morgan fingerprint density at radius 3 is 3.10 bits per heavy atom. The zero-order chi connectivity index (χ0) is 15.1. The number of thiophene rings is 1. The maximum Gasteiger partial charge on any atom is 0.226 e. The van der Waals surface area contributed by atoms with Gasteiger partial charge in [-0.15, -0.1) is 17.9 Å².